The van der Waals surface area contributed by atoms with Crippen LogP contribution in [-0.2, 0) is 16.6 Å². The summed E-state index contributed by atoms with van der Waals surface area (Å²) in [5, 5.41) is 0. The van der Waals surface area contributed by atoms with Crippen LogP contribution in [0.2, 0.25) is 0 Å². The second-order valence-corrected chi connectivity index (χ2v) is 5.60. The lowest BCUT2D eigenvalue weighted by Crippen LogP contribution is -2.24. The molecule has 1 rings (SSSR count). The van der Waals surface area contributed by atoms with Crippen LogP contribution >= 0.6 is 0 Å². The van der Waals surface area contributed by atoms with Crippen molar-refractivity contribution in [3.05, 3.63) is 35.4 Å². The predicted octanol–water partition coefficient (Wildman–Crippen LogP) is 2.41. The van der Waals surface area contributed by atoms with Gasteiger partial charge in [-0.2, -0.15) is 0 Å². The highest BCUT2D eigenvalue weighted by atomic mass is 32.2. The van der Waals surface area contributed by atoms with Gasteiger partial charge in [-0.3, -0.25) is 0 Å². The van der Waals surface area contributed by atoms with Crippen molar-refractivity contribution in [3.8, 4) is 0 Å². The molecule has 4 heteroatoms. The third-order valence-electron chi connectivity index (χ3n) is 2.05. The predicted molar refractivity (Wildman–Crippen MR) is 68.8 cm³/mol. The summed E-state index contributed by atoms with van der Waals surface area (Å²) in [4.78, 5) is 0. The van der Waals surface area contributed by atoms with Crippen molar-refractivity contribution >= 4 is 10.0 Å². The van der Waals surface area contributed by atoms with Crippen molar-refractivity contribution in [2.45, 2.75) is 27.3 Å². The van der Waals surface area contributed by atoms with Crippen LogP contribution in [0.4, 0.5) is 0 Å². The molecule has 0 atom stereocenters. The Bertz CT molecular complexity index is 413. The van der Waals surface area contributed by atoms with Crippen LogP contribution in [0.15, 0.2) is 24.3 Å². The topological polar surface area (TPSA) is 37.4 Å². The first kappa shape index (κ1) is 15.1. The first-order valence-corrected chi connectivity index (χ1v) is 7.21. The average Bonchev–Trinajstić information content (AvgIpc) is 2.19. The molecule has 1 aromatic rings. The van der Waals surface area contributed by atoms with Crippen LogP contribution in [0.5, 0.6) is 0 Å². The summed E-state index contributed by atoms with van der Waals surface area (Å²) in [5.41, 5.74) is 2.15. The first-order chi connectivity index (χ1) is 7.39. The quantitative estimate of drug-likeness (QED) is 0.817. The van der Waals surface area contributed by atoms with Gasteiger partial charge < -0.3 is 0 Å². The minimum atomic E-state index is -3.08. The Balaban J connectivity index is 0.00000106. The zero-order chi connectivity index (χ0) is 12.8. The van der Waals surface area contributed by atoms with Gasteiger partial charge in [-0.15, -0.1) is 0 Å². The Labute approximate surface area is 99.1 Å². The fraction of sp³-hybridized carbons (Fsp3) is 0.500. The van der Waals surface area contributed by atoms with Crippen molar-refractivity contribution < 1.29 is 8.42 Å². The maximum atomic E-state index is 11.1. The number of rotatable bonds is 3. The molecular weight excluding hydrogens is 222 g/mol. The Morgan fingerprint density at radius 3 is 2.25 bits per heavy atom. The zero-order valence-electron chi connectivity index (χ0n) is 10.7. The van der Waals surface area contributed by atoms with E-state index in [2.05, 4.69) is 0 Å². The number of aryl methyl sites for hydroxylation is 1. The SMILES string of the molecule is CC.Cc1cccc(CN(C)S(C)(=O)=O)c1. The van der Waals surface area contributed by atoms with Gasteiger partial charge in [-0.1, -0.05) is 43.7 Å². The third kappa shape index (κ3) is 5.28. The Morgan fingerprint density at radius 2 is 1.81 bits per heavy atom. The van der Waals surface area contributed by atoms with Gasteiger partial charge in [0.25, 0.3) is 0 Å². The highest BCUT2D eigenvalue weighted by molar-refractivity contribution is 7.88. The van der Waals surface area contributed by atoms with Gasteiger partial charge in [0.1, 0.15) is 0 Å². The molecule has 0 heterocycles. The fourth-order valence-corrected chi connectivity index (χ4v) is 1.57. The average molecular weight is 243 g/mol. The van der Waals surface area contributed by atoms with Crippen molar-refractivity contribution in [1.82, 2.24) is 4.31 Å². The fourth-order valence-electron chi connectivity index (χ4n) is 1.18. The van der Waals surface area contributed by atoms with E-state index in [4.69, 9.17) is 0 Å². The van der Waals surface area contributed by atoms with Gasteiger partial charge in [0.15, 0.2) is 0 Å². The van der Waals surface area contributed by atoms with Gasteiger partial charge in [0.2, 0.25) is 10.0 Å². The smallest absolute Gasteiger partial charge is 0.211 e. The van der Waals surface area contributed by atoms with Gasteiger partial charge in [-0.25, -0.2) is 12.7 Å². The van der Waals surface area contributed by atoms with Crippen LogP contribution in [-0.4, -0.2) is 26.0 Å². The summed E-state index contributed by atoms with van der Waals surface area (Å²) in [6.07, 6.45) is 1.21. The second-order valence-electron chi connectivity index (χ2n) is 3.51. The molecule has 1 aromatic carbocycles. The number of hydrogen-bond donors (Lipinski definition) is 0. The second kappa shape index (κ2) is 6.66. The van der Waals surface area contributed by atoms with Crippen molar-refractivity contribution in [1.29, 1.82) is 0 Å². The largest absolute Gasteiger partial charge is 0.213 e. The van der Waals surface area contributed by atoms with E-state index in [1.54, 1.807) is 7.05 Å². The van der Waals surface area contributed by atoms with Gasteiger partial charge in [0.05, 0.1) is 6.26 Å². The molecule has 0 fully saturated rings. The molecule has 0 amide bonds. The minimum Gasteiger partial charge on any atom is -0.213 e. The van der Waals surface area contributed by atoms with Gasteiger partial charge in [0, 0.05) is 13.6 Å². The zero-order valence-corrected chi connectivity index (χ0v) is 11.5. The number of hydrogen-bond acceptors (Lipinski definition) is 2. The molecule has 16 heavy (non-hydrogen) atoms. The Kier molecular flexibility index (Phi) is 6.29. The molecule has 3 nitrogen and oxygen atoms in total. The van der Waals surface area contributed by atoms with E-state index in [0.717, 1.165) is 11.1 Å². The monoisotopic (exact) mass is 243 g/mol. The molecule has 0 saturated carbocycles. The normalized spacial score (nSPS) is 10.9. The third-order valence-corrected chi connectivity index (χ3v) is 3.32. The molecule has 0 aliphatic heterocycles. The summed E-state index contributed by atoms with van der Waals surface area (Å²) in [6, 6.07) is 7.83. The molecule has 0 saturated heterocycles. The first-order valence-electron chi connectivity index (χ1n) is 5.36. The van der Waals surface area contributed by atoms with Gasteiger partial charge >= 0.3 is 0 Å². The Morgan fingerprint density at radius 1 is 1.25 bits per heavy atom. The lowest BCUT2D eigenvalue weighted by Gasteiger charge is -2.14. The molecule has 0 spiro atoms. The standard InChI is InChI=1S/C10H15NO2S.C2H6/c1-9-5-4-6-10(7-9)8-11(2)14(3,12)13;1-2/h4-7H,8H2,1-3H3;1-2H3. The molecule has 0 bridgehead atoms. The van der Waals surface area contributed by atoms with E-state index < -0.39 is 10.0 Å². The summed E-state index contributed by atoms with van der Waals surface area (Å²) in [7, 11) is -1.50. The highest BCUT2D eigenvalue weighted by Crippen LogP contribution is 2.08. The Hall–Kier alpha value is -0.870. The van der Waals surface area contributed by atoms with E-state index in [1.807, 2.05) is 45.0 Å². The molecule has 0 N–H and O–H groups in total. The van der Waals surface area contributed by atoms with Crippen molar-refractivity contribution in [2.24, 2.45) is 0 Å². The van der Waals surface area contributed by atoms with Crippen LogP contribution < -0.4 is 0 Å². The van der Waals surface area contributed by atoms with Gasteiger partial charge in [-0.05, 0) is 12.5 Å². The highest BCUT2D eigenvalue weighted by Gasteiger charge is 2.10. The maximum Gasteiger partial charge on any atom is 0.211 e. The van der Waals surface area contributed by atoms with E-state index in [1.165, 1.54) is 10.6 Å². The summed E-state index contributed by atoms with van der Waals surface area (Å²) in [6.45, 7) is 6.42. The number of benzene rings is 1. The summed E-state index contributed by atoms with van der Waals surface area (Å²) >= 11 is 0. The lowest BCUT2D eigenvalue weighted by atomic mass is 10.1. The molecule has 0 aliphatic carbocycles. The maximum absolute atomic E-state index is 11.1. The van der Waals surface area contributed by atoms with E-state index in [9.17, 15) is 8.42 Å². The molecule has 0 aromatic heterocycles. The van der Waals surface area contributed by atoms with Crippen LogP contribution in [0.1, 0.15) is 25.0 Å². The molecule has 92 valence electrons. The van der Waals surface area contributed by atoms with Crippen molar-refractivity contribution in [2.75, 3.05) is 13.3 Å². The number of nitrogens with zero attached hydrogens (tertiary/aromatic N) is 1. The molecular formula is C12H21NO2S. The van der Waals surface area contributed by atoms with Crippen LogP contribution in [0.3, 0.4) is 0 Å². The number of sulfonamides is 1. The molecule has 0 radical (unpaired) electrons. The summed E-state index contributed by atoms with van der Waals surface area (Å²) < 4.78 is 23.6. The van der Waals surface area contributed by atoms with Crippen LogP contribution in [0, 0.1) is 6.92 Å². The van der Waals surface area contributed by atoms with E-state index in [0.29, 0.717) is 6.54 Å². The lowest BCUT2D eigenvalue weighted by molar-refractivity contribution is 0.472. The molecule has 0 aliphatic rings. The van der Waals surface area contributed by atoms with Crippen molar-refractivity contribution in [3.63, 3.8) is 0 Å². The minimum absolute atomic E-state index is 0.431. The van der Waals surface area contributed by atoms with Crippen LogP contribution in [0.25, 0.3) is 0 Å². The molecule has 0 unspecified atom stereocenters. The van der Waals surface area contributed by atoms with E-state index >= 15 is 0 Å². The van der Waals surface area contributed by atoms with E-state index in [-0.39, 0.29) is 0 Å². The summed E-state index contributed by atoms with van der Waals surface area (Å²) in [5.74, 6) is 0.